The van der Waals surface area contributed by atoms with Crippen molar-refractivity contribution in [3.05, 3.63) is 198 Å². The molecule has 7 aromatic rings. The zero-order valence-corrected chi connectivity index (χ0v) is 27.5. The minimum atomic E-state index is 0.0248. The van der Waals surface area contributed by atoms with Crippen molar-refractivity contribution in [2.45, 2.75) is 36.5 Å². The lowest BCUT2D eigenvalue weighted by Crippen LogP contribution is -2.39. The van der Waals surface area contributed by atoms with Crippen LogP contribution in [0.4, 0.5) is 17.1 Å². The van der Waals surface area contributed by atoms with Gasteiger partial charge in [0.15, 0.2) is 0 Å². The molecule has 0 unspecified atom stereocenters. The van der Waals surface area contributed by atoms with Crippen molar-refractivity contribution in [3.8, 4) is 33.4 Å². The number of hydrogen-bond acceptors (Lipinski definition) is 1. The Labute approximate surface area is 289 Å². The highest BCUT2D eigenvalue weighted by Gasteiger charge is 2.52. The second-order valence-corrected chi connectivity index (χ2v) is 14.1. The molecule has 7 aromatic carbocycles. The van der Waals surface area contributed by atoms with Crippen molar-refractivity contribution in [3.63, 3.8) is 0 Å². The molecule has 0 atom stereocenters. The second-order valence-electron chi connectivity index (χ2n) is 14.1. The summed E-state index contributed by atoms with van der Waals surface area (Å²) in [5.41, 5.74) is 17.9. The molecular formula is C48H37N. The van der Waals surface area contributed by atoms with Gasteiger partial charge in [-0.1, -0.05) is 133 Å². The first-order valence-corrected chi connectivity index (χ1v) is 17.7. The first-order chi connectivity index (χ1) is 24.3. The number of anilines is 3. The van der Waals surface area contributed by atoms with E-state index in [1.54, 1.807) is 0 Å². The molecule has 10 rings (SSSR count). The Bertz CT molecular complexity index is 2240. The van der Waals surface area contributed by atoms with Crippen molar-refractivity contribution in [1.29, 1.82) is 0 Å². The van der Waals surface area contributed by atoms with E-state index in [1.165, 1.54) is 55.6 Å². The predicted molar refractivity (Wildman–Crippen MR) is 204 cm³/mol. The van der Waals surface area contributed by atoms with Gasteiger partial charge in [0.2, 0.25) is 0 Å². The van der Waals surface area contributed by atoms with E-state index >= 15 is 0 Å². The molecular weight excluding hydrogens is 591 g/mol. The van der Waals surface area contributed by atoms with E-state index in [4.69, 9.17) is 0 Å². The Morgan fingerprint density at radius 2 is 0.673 bits per heavy atom. The molecule has 1 fully saturated rings. The van der Waals surface area contributed by atoms with Crippen molar-refractivity contribution >= 4 is 17.1 Å². The molecule has 0 heterocycles. The van der Waals surface area contributed by atoms with Gasteiger partial charge in [0, 0.05) is 27.9 Å². The fraction of sp³-hybridized carbons (Fsp3) is 0.125. The van der Waals surface area contributed by atoms with Gasteiger partial charge in [0.05, 0.1) is 0 Å². The third-order valence-electron chi connectivity index (χ3n) is 11.9. The minimum absolute atomic E-state index is 0.0248. The summed E-state index contributed by atoms with van der Waals surface area (Å²) in [6, 6.07) is 65.3. The van der Waals surface area contributed by atoms with E-state index < -0.39 is 0 Å². The Morgan fingerprint density at radius 3 is 1.16 bits per heavy atom. The molecule has 1 saturated carbocycles. The largest absolute Gasteiger partial charge is 0.311 e. The monoisotopic (exact) mass is 627 g/mol. The molecule has 3 aliphatic carbocycles. The standard InChI is InChI=1S/C48H37N/c1-3-13-36(14-4-1)49(37-15-5-2-6-16-37)38-26-23-34(24-27-38)35-25-28-42-41-19-9-12-22-45(41)48(46(42)33-35)31-29-47(30-32-48)43-20-10-7-17-39(43)40-18-8-11-21-44(40)47/h1-28,33H,29-32H2. The predicted octanol–water partition coefficient (Wildman–Crippen LogP) is 12.6. The second kappa shape index (κ2) is 10.9. The molecule has 1 nitrogen and oxygen atoms in total. The van der Waals surface area contributed by atoms with E-state index in [0.29, 0.717) is 0 Å². The van der Waals surface area contributed by atoms with Gasteiger partial charge in [-0.2, -0.15) is 0 Å². The zero-order chi connectivity index (χ0) is 32.4. The van der Waals surface area contributed by atoms with Crippen LogP contribution in [-0.4, -0.2) is 0 Å². The molecule has 2 spiro atoms. The van der Waals surface area contributed by atoms with Crippen LogP contribution in [0, 0.1) is 0 Å². The maximum absolute atomic E-state index is 2.53. The summed E-state index contributed by atoms with van der Waals surface area (Å²) in [5, 5.41) is 0. The lowest BCUT2D eigenvalue weighted by Gasteiger charge is -2.45. The van der Waals surface area contributed by atoms with E-state index in [2.05, 4.69) is 181 Å². The average Bonchev–Trinajstić information content (AvgIpc) is 3.61. The van der Waals surface area contributed by atoms with Crippen LogP contribution in [0.1, 0.15) is 47.9 Å². The highest BCUT2D eigenvalue weighted by atomic mass is 15.1. The van der Waals surface area contributed by atoms with E-state index in [0.717, 1.165) is 42.7 Å². The molecule has 0 N–H and O–H groups in total. The summed E-state index contributed by atoms with van der Waals surface area (Å²) in [7, 11) is 0. The summed E-state index contributed by atoms with van der Waals surface area (Å²) < 4.78 is 0. The summed E-state index contributed by atoms with van der Waals surface area (Å²) in [6.45, 7) is 0. The topological polar surface area (TPSA) is 3.24 Å². The molecule has 0 aliphatic heterocycles. The van der Waals surface area contributed by atoms with Crippen LogP contribution in [-0.2, 0) is 10.8 Å². The van der Waals surface area contributed by atoms with E-state index in [1.807, 2.05) is 0 Å². The van der Waals surface area contributed by atoms with Gasteiger partial charge in [-0.05, 0) is 124 Å². The lowest BCUT2D eigenvalue weighted by atomic mass is 9.57. The number of hydrogen-bond donors (Lipinski definition) is 0. The molecule has 0 amide bonds. The van der Waals surface area contributed by atoms with Crippen LogP contribution in [0.5, 0.6) is 0 Å². The van der Waals surface area contributed by atoms with Gasteiger partial charge in [-0.3, -0.25) is 0 Å². The Balaban J connectivity index is 1.03. The lowest BCUT2D eigenvalue weighted by molar-refractivity contribution is 0.265. The average molecular weight is 628 g/mol. The highest BCUT2D eigenvalue weighted by Crippen LogP contribution is 2.63. The SMILES string of the molecule is c1ccc(N(c2ccccc2)c2ccc(-c3ccc4c(c3)C3(CCC5(CC3)c3ccccc3-c3ccccc35)c3ccccc3-4)cc2)cc1. The molecule has 0 radical (unpaired) electrons. The highest BCUT2D eigenvalue weighted by molar-refractivity contribution is 5.86. The van der Waals surface area contributed by atoms with Gasteiger partial charge in [-0.15, -0.1) is 0 Å². The Hall–Kier alpha value is -5.66. The third-order valence-corrected chi connectivity index (χ3v) is 11.9. The van der Waals surface area contributed by atoms with E-state index in [-0.39, 0.29) is 10.8 Å². The van der Waals surface area contributed by atoms with Gasteiger partial charge >= 0.3 is 0 Å². The van der Waals surface area contributed by atoms with Crippen molar-refractivity contribution in [1.82, 2.24) is 0 Å². The van der Waals surface area contributed by atoms with Crippen LogP contribution in [0.2, 0.25) is 0 Å². The van der Waals surface area contributed by atoms with E-state index in [9.17, 15) is 0 Å². The number of para-hydroxylation sites is 2. The third kappa shape index (κ3) is 4.18. The molecule has 49 heavy (non-hydrogen) atoms. The fourth-order valence-electron chi connectivity index (χ4n) is 9.64. The van der Waals surface area contributed by atoms with Crippen molar-refractivity contribution < 1.29 is 0 Å². The van der Waals surface area contributed by atoms with Crippen molar-refractivity contribution in [2.24, 2.45) is 0 Å². The molecule has 0 saturated heterocycles. The molecule has 234 valence electrons. The zero-order valence-electron chi connectivity index (χ0n) is 27.5. The van der Waals surface area contributed by atoms with Crippen LogP contribution in [0.15, 0.2) is 176 Å². The van der Waals surface area contributed by atoms with Crippen LogP contribution < -0.4 is 4.90 Å². The van der Waals surface area contributed by atoms with Gasteiger partial charge < -0.3 is 4.90 Å². The van der Waals surface area contributed by atoms with Gasteiger partial charge in [0.1, 0.15) is 0 Å². The number of rotatable bonds is 4. The summed E-state index contributed by atoms with van der Waals surface area (Å²) in [6.07, 6.45) is 4.60. The molecule has 0 aromatic heterocycles. The fourth-order valence-corrected chi connectivity index (χ4v) is 9.64. The van der Waals surface area contributed by atoms with Crippen LogP contribution >= 0.6 is 0 Å². The summed E-state index contributed by atoms with van der Waals surface area (Å²) in [4.78, 5) is 2.33. The Morgan fingerprint density at radius 1 is 0.306 bits per heavy atom. The first kappa shape index (κ1) is 28.4. The number of nitrogens with zero attached hydrogens (tertiary/aromatic N) is 1. The molecule has 1 heteroatoms. The van der Waals surface area contributed by atoms with Crippen LogP contribution in [0.3, 0.4) is 0 Å². The summed E-state index contributed by atoms with van der Waals surface area (Å²) in [5.74, 6) is 0. The van der Waals surface area contributed by atoms with Gasteiger partial charge in [-0.25, -0.2) is 0 Å². The molecule has 0 bridgehead atoms. The smallest absolute Gasteiger partial charge is 0.0462 e. The quantitative estimate of drug-likeness (QED) is 0.188. The van der Waals surface area contributed by atoms with Gasteiger partial charge in [0.25, 0.3) is 0 Å². The maximum atomic E-state index is 2.53. The van der Waals surface area contributed by atoms with Crippen molar-refractivity contribution in [2.75, 3.05) is 4.90 Å². The normalized spacial score (nSPS) is 15.8. The Kier molecular flexibility index (Phi) is 6.33. The summed E-state index contributed by atoms with van der Waals surface area (Å²) >= 11 is 0. The van der Waals surface area contributed by atoms with Crippen LogP contribution in [0.25, 0.3) is 33.4 Å². The molecule has 3 aliphatic rings. The number of fused-ring (bicyclic) bond motifs is 10. The maximum Gasteiger partial charge on any atom is 0.0462 e. The first-order valence-electron chi connectivity index (χ1n) is 17.7. The number of benzene rings is 7. The minimum Gasteiger partial charge on any atom is -0.311 e.